The van der Waals surface area contributed by atoms with E-state index in [1.54, 1.807) is 0 Å². The molecule has 1 nitrogen and oxygen atoms in total. The van der Waals surface area contributed by atoms with Crippen LogP contribution in [0.2, 0.25) is 0 Å². The highest BCUT2D eigenvalue weighted by molar-refractivity contribution is 5.47. The molecule has 0 heterocycles. The highest BCUT2D eigenvalue weighted by atomic mass is 14.9. The van der Waals surface area contributed by atoms with Crippen molar-refractivity contribution in [2.45, 2.75) is 31.7 Å². The zero-order valence-corrected chi connectivity index (χ0v) is 6.38. The van der Waals surface area contributed by atoms with E-state index in [0.29, 0.717) is 5.92 Å². The summed E-state index contributed by atoms with van der Waals surface area (Å²) < 4.78 is 0. The minimum absolute atomic E-state index is 0. The maximum Gasteiger partial charge on any atom is 0.0272 e. The highest BCUT2D eigenvalue weighted by Gasteiger charge is 2.56. The Hall–Kier alpha value is -0.820. The van der Waals surface area contributed by atoms with E-state index in [9.17, 15) is 0 Å². The van der Waals surface area contributed by atoms with E-state index >= 15 is 0 Å². The minimum atomic E-state index is 0. The van der Waals surface area contributed by atoms with Gasteiger partial charge in [0.1, 0.15) is 0 Å². The maximum absolute atomic E-state index is 6.10. The van der Waals surface area contributed by atoms with Crippen LogP contribution in [0, 0.1) is 0 Å². The van der Waals surface area contributed by atoms with Crippen LogP contribution in [0.25, 0.3) is 0 Å². The quantitative estimate of drug-likeness (QED) is 0.619. The number of benzene rings is 1. The molecule has 2 aliphatic rings. The summed E-state index contributed by atoms with van der Waals surface area (Å²) in [6.07, 6.45) is 2.32. The third-order valence-electron chi connectivity index (χ3n) is 3.07. The summed E-state index contributed by atoms with van der Waals surface area (Å²) in [5.41, 5.74) is 9.26. The van der Waals surface area contributed by atoms with E-state index in [4.69, 9.17) is 5.73 Å². The molecule has 0 spiro atoms. The molecule has 1 fully saturated rings. The molecular formula is C11H15N. The molecule has 3 rings (SSSR count). The Morgan fingerprint density at radius 1 is 1.33 bits per heavy atom. The summed E-state index contributed by atoms with van der Waals surface area (Å²) in [5.74, 6) is 0.693. The first-order valence-electron chi connectivity index (χ1n) is 4.16. The Morgan fingerprint density at radius 3 is 2.83 bits per heavy atom. The SMILES string of the molecule is C.NC12Cc3ccccc3C1C2. The molecule has 2 N–H and O–H groups in total. The van der Waals surface area contributed by atoms with Crippen molar-refractivity contribution >= 4 is 0 Å². The molecular weight excluding hydrogens is 146 g/mol. The summed E-state index contributed by atoms with van der Waals surface area (Å²) >= 11 is 0. The zero-order chi connectivity index (χ0) is 7.47. The summed E-state index contributed by atoms with van der Waals surface area (Å²) in [4.78, 5) is 0. The van der Waals surface area contributed by atoms with Gasteiger partial charge in [-0.05, 0) is 24.0 Å². The fourth-order valence-electron chi connectivity index (χ4n) is 2.33. The van der Waals surface area contributed by atoms with Crippen LogP contribution in [0.5, 0.6) is 0 Å². The molecule has 0 aromatic heterocycles. The molecule has 0 radical (unpaired) electrons. The lowest BCUT2D eigenvalue weighted by Gasteiger charge is -2.01. The predicted molar refractivity (Wildman–Crippen MR) is 51.2 cm³/mol. The van der Waals surface area contributed by atoms with E-state index in [-0.39, 0.29) is 13.0 Å². The van der Waals surface area contributed by atoms with Gasteiger partial charge in [-0.2, -0.15) is 0 Å². The van der Waals surface area contributed by atoms with E-state index in [1.807, 2.05) is 0 Å². The summed E-state index contributed by atoms with van der Waals surface area (Å²) in [6, 6.07) is 8.65. The van der Waals surface area contributed by atoms with Gasteiger partial charge in [-0.15, -0.1) is 0 Å². The molecule has 1 heteroatoms. The lowest BCUT2D eigenvalue weighted by atomic mass is 10.1. The molecule has 1 aromatic carbocycles. The third kappa shape index (κ3) is 0.774. The van der Waals surface area contributed by atoms with E-state index in [0.717, 1.165) is 6.42 Å². The van der Waals surface area contributed by atoms with Crippen molar-refractivity contribution in [2.75, 3.05) is 0 Å². The van der Waals surface area contributed by atoms with Crippen molar-refractivity contribution < 1.29 is 0 Å². The number of nitrogens with two attached hydrogens (primary N) is 1. The minimum Gasteiger partial charge on any atom is -0.324 e. The van der Waals surface area contributed by atoms with E-state index < -0.39 is 0 Å². The van der Waals surface area contributed by atoms with Crippen LogP contribution in [-0.4, -0.2) is 5.54 Å². The second-order valence-corrected chi connectivity index (χ2v) is 3.87. The van der Waals surface area contributed by atoms with Gasteiger partial charge in [0, 0.05) is 11.5 Å². The smallest absolute Gasteiger partial charge is 0.0272 e. The molecule has 0 aliphatic heterocycles. The topological polar surface area (TPSA) is 26.0 Å². The lowest BCUT2D eigenvalue weighted by Crippen LogP contribution is -2.22. The van der Waals surface area contributed by atoms with Crippen molar-refractivity contribution in [3.05, 3.63) is 35.4 Å². The third-order valence-corrected chi connectivity index (χ3v) is 3.07. The zero-order valence-electron chi connectivity index (χ0n) is 6.38. The maximum atomic E-state index is 6.10. The fraction of sp³-hybridized carbons (Fsp3) is 0.455. The summed E-state index contributed by atoms with van der Waals surface area (Å²) in [6.45, 7) is 0. The van der Waals surface area contributed by atoms with Gasteiger partial charge in [0.25, 0.3) is 0 Å². The average molecular weight is 161 g/mol. The Bertz CT molecular complexity index is 319. The molecule has 1 aromatic rings. The Morgan fingerprint density at radius 2 is 2.08 bits per heavy atom. The van der Waals surface area contributed by atoms with Crippen molar-refractivity contribution in [1.29, 1.82) is 0 Å². The van der Waals surface area contributed by atoms with Gasteiger partial charge in [0.2, 0.25) is 0 Å². The van der Waals surface area contributed by atoms with Gasteiger partial charge >= 0.3 is 0 Å². The molecule has 1 saturated carbocycles. The monoisotopic (exact) mass is 161 g/mol. The van der Waals surface area contributed by atoms with Gasteiger partial charge in [0.05, 0.1) is 0 Å². The lowest BCUT2D eigenvalue weighted by molar-refractivity contribution is 0.684. The number of rotatable bonds is 0. The standard InChI is InChI=1S/C10H11N.CH4/c11-10-5-7-3-1-2-4-8(7)9(10)6-10;/h1-4,9H,5-6,11H2;1H4. The number of fused-ring (bicyclic) bond motifs is 3. The molecule has 12 heavy (non-hydrogen) atoms. The largest absolute Gasteiger partial charge is 0.324 e. The molecule has 0 saturated heterocycles. The molecule has 2 aliphatic carbocycles. The first-order chi connectivity index (χ1) is 5.30. The van der Waals surface area contributed by atoms with Gasteiger partial charge in [0.15, 0.2) is 0 Å². The summed E-state index contributed by atoms with van der Waals surface area (Å²) in [5, 5.41) is 0. The van der Waals surface area contributed by atoms with Gasteiger partial charge in [-0.1, -0.05) is 31.7 Å². The second kappa shape index (κ2) is 2.11. The first kappa shape index (κ1) is 7.81. The Labute approximate surface area is 73.6 Å². The van der Waals surface area contributed by atoms with Crippen molar-refractivity contribution in [3.8, 4) is 0 Å². The van der Waals surface area contributed by atoms with Gasteiger partial charge < -0.3 is 5.73 Å². The molecule has 0 bridgehead atoms. The number of hydrogen-bond acceptors (Lipinski definition) is 1. The van der Waals surface area contributed by atoms with Gasteiger partial charge in [-0.3, -0.25) is 0 Å². The van der Waals surface area contributed by atoms with Crippen LogP contribution in [-0.2, 0) is 6.42 Å². The summed E-state index contributed by atoms with van der Waals surface area (Å²) in [7, 11) is 0. The van der Waals surface area contributed by atoms with Gasteiger partial charge in [-0.25, -0.2) is 0 Å². The van der Waals surface area contributed by atoms with Crippen molar-refractivity contribution in [3.63, 3.8) is 0 Å². The molecule has 2 atom stereocenters. The van der Waals surface area contributed by atoms with Crippen LogP contribution in [0.15, 0.2) is 24.3 Å². The van der Waals surface area contributed by atoms with E-state index in [2.05, 4.69) is 24.3 Å². The molecule has 64 valence electrons. The van der Waals surface area contributed by atoms with Crippen LogP contribution in [0.3, 0.4) is 0 Å². The molecule has 0 amide bonds. The predicted octanol–water partition coefficient (Wildman–Crippen LogP) is 2.06. The fourth-order valence-corrected chi connectivity index (χ4v) is 2.33. The van der Waals surface area contributed by atoms with Crippen LogP contribution < -0.4 is 5.73 Å². The normalized spacial score (nSPS) is 34.9. The Kier molecular flexibility index (Phi) is 1.37. The highest BCUT2D eigenvalue weighted by Crippen LogP contribution is 2.57. The van der Waals surface area contributed by atoms with Crippen LogP contribution in [0.1, 0.15) is 30.9 Å². The van der Waals surface area contributed by atoms with Crippen LogP contribution >= 0.6 is 0 Å². The first-order valence-corrected chi connectivity index (χ1v) is 4.16. The second-order valence-electron chi connectivity index (χ2n) is 3.87. The number of hydrogen-bond donors (Lipinski definition) is 1. The average Bonchev–Trinajstić information content (AvgIpc) is 2.56. The molecule has 2 unspecified atom stereocenters. The van der Waals surface area contributed by atoms with Crippen LogP contribution in [0.4, 0.5) is 0 Å². The van der Waals surface area contributed by atoms with Crippen molar-refractivity contribution in [2.24, 2.45) is 5.73 Å². The van der Waals surface area contributed by atoms with E-state index in [1.165, 1.54) is 17.5 Å². The Balaban J connectivity index is 0.000000563. The van der Waals surface area contributed by atoms with Crippen molar-refractivity contribution in [1.82, 2.24) is 0 Å².